The number of ether oxygens (including phenoxy) is 1. The van der Waals surface area contributed by atoms with Gasteiger partial charge in [-0.2, -0.15) is 0 Å². The number of hydrogen-bond acceptors (Lipinski definition) is 3. The van der Waals surface area contributed by atoms with Gasteiger partial charge in [-0.3, -0.25) is 0 Å². The van der Waals surface area contributed by atoms with Crippen molar-refractivity contribution in [3.8, 4) is 0 Å². The molecule has 1 aromatic carbocycles. The van der Waals surface area contributed by atoms with Crippen LogP contribution in [0.2, 0.25) is 0 Å². The monoisotopic (exact) mass is 354 g/mol. The Labute approximate surface area is 129 Å². The molecular weight excluding hydrogens is 342 g/mol. The number of hydrogen-bond donors (Lipinski definition) is 0. The van der Waals surface area contributed by atoms with Crippen molar-refractivity contribution in [2.45, 2.75) is 6.10 Å². The van der Waals surface area contributed by atoms with Gasteiger partial charge in [0.05, 0.1) is 6.61 Å². The van der Waals surface area contributed by atoms with E-state index >= 15 is 0 Å². The number of rotatable bonds is 2. The van der Waals surface area contributed by atoms with Crippen molar-refractivity contribution in [3.05, 3.63) is 58.2 Å². The number of morpholine rings is 1. The predicted octanol–water partition coefficient (Wildman–Crippen LogP) is 3.70. The van der Waals surface area contributed by atoms with Crippen molar-refractivity contribution in [1.82, 2.24) is 4.98 Å². The van der Waals surface area contributed by atoms with Crippen LogP contribution in [0.25, 0.3) is 0 Å². The molecule has 0 aliphatic carbocycles. The number of nitrogens with zero attached hydrogens (tertiary/aromatic N) is 2. The summed E-state index contributed by atoms with van der Waals surface area (Å²) in [7, 11) is 0. The highest BCUT2D eigenvalue weighted by molar-refractivity contribution is 9.10. The van der Waals surface area contributed by atoms with Gasteiger partial charge in [-0.05, 0) is 45.8 Å². The van der Waals surface area contributed by atoms with Gasteiger partial charge in [0.25, 0.3) is 0 Å². The zero-order valence-electron chi connectivity index (χ0n) is 11.1. The molecule has 0 saturated carbocycles. The molecule has 0 bridgehead atoms. The molecule has 3 rings (SSSR count). The molecule has 110 valence electrons. The van der Waals surface area contributed by atoms with Gasteiger partial charge >= 0.3 is 0 Å². The van der Waals surface area contributed by atoms with Gasteiger partial charge < -0.3 is 9.64 Å². The van der Waals surface area contributed by atoms with Gasteiger partial charge in [0.2, 0.25) is 0 Å². The summed E-state index contributed by atoms with van der Waals surface area (Å²) < 4.78 is 32.9. The van der Waals surface area contributed by atoms with Gasteiger partial charge in [-0.15, -0.1) is 0 Å². The largest absolute Gasteiger partial charge is 0.370 e. The summed E-state index contributed by atoms with van der Waals surface area (Å²) in [5, 5.41) is 0. The number of halogens is 3. The molecule has 21 heavy (non-hydrogen) atoms. The van der Waals surface area contributed by atoms with E-state index in [2.05, 4.69) is 25.8 Å². The Morgan fingerprint density at radius 1 is 1.19 bits per heavy atom. The highest BCUT2D eigenvalue weighted by Crippen LogP contribution is 2.26. The first-order valence-corrected chi connectivity index (χ1v) is 7.36. The number of benzene rings is 1. The van der Waals surface area contributed by atoms with Crippen LogP contribution in [0.1, 0.15) is 11.7 Å². The van der Waals surface area contributed by atoms with Gasteiger partial charge in [0, 0.05) is 23.8 Å². The summed E-state index contributed by atoms with van der Waals surface area (Å²) in [6.07, 6.45) is 1.44. The summed E-state index contributed by atoms with van der Waals surface area (Å²) in [5.41, 5.74) is 0.635. The van der Waals surface area contributed by atoms with Gasteiger partial charge in [0.1, 0.15) is 11.9 Å². The molecule has 6 heteroatoms. The van der Waals surface area contributed by atoms with Crippen molar-refractivity contribution < 1.29 is 13.5 Å². The summed E-state index contributed by atoms with van der Waals surface area (Å²) in [5.74, 6) is -0.856. The molecule has 2 aromatic rings. The molecule has 1 aliphatic heterocycles. The minimum absolute atomic E-state index is 0.292. The third kappa shape index (κ3) is 3.22. The Morgan fingerprint density at radius 2 is 2.05 bits per heavy atom. The Morgan fingerprint density at radius 3 is 2.76 bits per heavy atom. The molecule has 1 aromatic heterocycles. The fraction of sp³-hybridized carbons (Fsp3) is 0.267. The zero-order valence-corrected chi connectivity index (χ0v) is 12.7. The lowest BCUT2D eigenvalue weighted by Crippen LogP contribution is -2.38. The summed E-state index contributed by atoms with van der Waals surface area (Å²) in [6, 6.07) is 7.72. The van der Waals surface area contributed by atoms with Crippen molar-refractivity contribution >= 4 is 21.7 Å². The van der Waals surface area contributed by atoms with E-state index < -0.39 is 11.6 Å². The molecule has 1 atom stereocenters. The highest BCUT2D eigenvalue weighted by atomic mass is 79.9. The van der Waals surface area contributed by atoms with Crippen LogP contribution in [-0.2, 0) is 4.74 Å². The molecule has 0 radical (unpaired) electrons. The van der Waals surface area contributed by atoms with E-state index in [1.807, 2.05) is 12.1 Å². The standard InChI is InChI=1S/C15H13BrF2N2O/c16-11-2-4-15(19-8-11)20-5-6-21-14(9-20)10-1-3-12(17)13(18)7-10/h1-4,7-8,14H,5-6,9H2. The second-order valence-corrected chi connectivity index (χ2v) is 5.73. The SMILES string of the molecule is Fc1ccc(C2CN(c3ccc(Br)cn3)CCO2)cc1F. The molecule has 1 fully saturated rings. The van der Waals surface area contributed by atoms with E-state index in [-0.39, 0.29) is 6.10 Å². The Bertz CT molecular complexity index is 636. The van der Waals surface area contributed by atoms with E-state index in [0.29, 0.717) is 18.7 Å². The molecule has 1 saturated heterocycles. The first-order chi connectivity index (χ1) is 10.1. The molecule has 1 unspecified atom stereocenters. The lowest BCUT2D eigenvalue weighted by molar-refractivity contribution is 0.0392. The van der Waals surface area contributed by atoms with Crippen molar-refractivity contribution in [1.29, 1.82) is 0 Å². The molecule has 0 spiro atoms. The Balaban J connectivity index is 1.79. The van der Waals surface area contributed by atoms with Crippen LogP contribution in [0.3, 0.4) is 0 Å². The van der Waals surface area contributed by atoms with Crippen LogP contribution in [-0.4, -0.2) is 24.7 Å². The van der Waals surface area contributed by atoms with Crippen molar-refractivity contribution in [2.75, 3.05) is 24.6 Å². The molecule has 3 nitrogen and oxygen atoms in total. The summed E-state index contributed by atoms with van der Waals surface area (Å²) in [6.45, 7) is 1.79. The van der Waals surface area contributed by atoms with Crippen molar-refractivity contribution in [3.63, 3.8) is 0 Å². The summed E-state index contributed by atoms with van der Waals surface area (Å²) >= 11 is 3.35. The minimum Gasteiger partial charge on any atom is -0.370 e. The maximum absolute atomic E-state index is 13.3. The molecule has 0 N–H and O–H groups in total. The van der Waals surface area contributed by atoms with E-state index in [9.17, 15) is 8.78 Å². The van der Waals surface area contributed by atoms with E-state index in [4.69, 9.17) is 4.74 Å². The average Bonchev–Trinajstić information content (AvgIpc) is 2.51. The zero-order chi connectivity index (χ0) is 14.8. The van der Waals surface area contributed by atoms with Crippen LogP contribution < -0.4 is 4.90 Å². The fourth-order valence-corrected chi connectivity index (χ4v) is 2.56. The van der Waals surface area contributed by atoms with Gasteiger partial charge in [-0.1, -0.05) is 6.07 Å². The maximum Gasteiger partial charge on any atom is 0.159 e. The third-order valence-electron chi connectivity index (χ3n) is 3.42. The quantitative estimate of drug-likeness (QED) is 0.822. The van der Waals surface area contributed by atoms with Crippen molar-refractivity contribution in [2.24, 2.45) is 0 Å². The van der Waals surface area contributed by atoms with E-state index in [0.717, 1.165) is 22.9 Å². The first-order valence-electron chi connectivity index (χ1n) is 6.56. The summed E-state index contributed by atoms with van der Waals surface area (Å²) in [4.78, 5) is 6.42. The predicted molar refractivity (Wildman–Crippen MR) is 79.2 cm³/mol. The highest BCUT2D eigenvalue weighted by Gasteiger charge is 2.23. The lowest BCUT2D eigenvalue weighted by atomic mass is 10.1. The van der Waals surface area contributed by atoms with E-state index in [1.54, 1.807) is 12.3 Å². The van der Waals surface area contributed by atoms with Gasteiger partial charge in [-0.25, -0.2) is 13.8 Å². The van der Waals surface area contributed by atoms with Crippen LogP contribution in [0, 0.1) is 11.6 Å². The lowest BCUT2D eigenvalue weighted by Gasteiger charge is -2.34. The normalized spacial score (nSPS) is 18.8. The molecule has 1 aliphatic rings. The number of pyridine rings is 1. The Kier molecular flexibility index (Phi) is 4.17. The van der Waals surface area contributed by atoms with Crippen LogP contribution in [0.4, 0.5) is 14.6 Å². The fourth-order valence-electron chi connectivity index (χ4n) is 2.33. The van der Waals surface area contributed by atoms with Gasteiger partial charge in [0.15, 0.2) is 11.6 Å². The number of anilines is 1. The molecule has 2 heterocycles. The molecule has 0 amide bonds. The molecular formula is C15H13BrF2N2O. The van der Waals surface area contributed by atoms with Crippen LogP contribution >= 0.6 is 15.9 Å². The second-order valence-electron chi connectivity index (χ2n) is 4.81. The second kappa shape index (κ2) is 6.07. The van der Waals surface area contributed by atoms with Crippen LogP contribution in [0.5, 0.6) is 0 Å². The average molecular weight is 355 g/mol. The first kappa shape index (κ1) is 14.4. The number of aromatic nitrogens is 1. The van der Waals surface area contributed by atoms with Crippen LogP contribution in [0.15, 0.2) is 41.0 Å². The Hall–Kier alpha value is -1.53. The smallest absolute Gasteiger partial charge is 0.159 e. The third-order valence-corrected chi connectivity index (χ3v) is 3.89. The maximum atomic E-state index is 13.3. The topological polar surface area (TPSA) is 25.4 Å². The van der Waals surface area contributed by atoms with E-state index in [1.165, 1.54) is 6.07 Å². The minimum atomic E-state index is -0.852.